The summed E-state index contributed by atoms with van der Waals surface area (Å²) in [7, 11) is 1.26. The summed E-state index contributed by atoms with van der Waals surface area (Å²) in [4.78, 5) is 82.3. The molecule has 0 bridgehead atoms. The number of ether oxygens (including phenoxy) is 1. The van der Waals surface area contributed by atoms with Gasteiger partial charge < -0.3 is 47.7 Å². The maximum atomic E-state index is 14.1. The minimum absolute atomic E-state index is 0.0402. The molecule has 0 unspecified atom stereocenters. The highest BCUT2D eigenvalue weighted by Crippen LogP contribution is 2.21. The Morgan fingerprint density at radius 3 is 2.19 bits per heavy atom. The number of methoxy groups -OCH3 is 1. The number of esters is 1. The van der Waals surface area contributed by atoms with Crippen LogP contribution in [0.15, 0.2) is 67.0 Å². The summed E-state index contributed by atoms with van der Waals surface area (Å²) in [5.41, 5.74) is 17.1. The van der Waals surface area contributed by atoms with Gasteiger partial charge in [-0.3, -0.25) is 28.8 Å². The third kappa shape index (κ3) is 14.1. The fourth-order valence-electron chi connectivity index (χ4n) is 6.04. The normalized spacial score (nSPS) is 15.7. The van der Waals surface area contributed by atoms with Gasteiger partial charge in [0.2, 0.25) is 29.5 Å². The molecule has 15 heteroatoms. The first kappa shape index (κ1) is 44.1. The fraction of sp³-hybridized carbons (Fsp3) is 0.526. The second kappa shape index (κ2) is 22.1. The van der Waals surface area contributed by atoms with E-state index >= 15 is 0 Å². The van der Waals surface area contributed by atoms with Crippen LogP contribution in [0.1, 0.15) is 64.9 Å². The van der Waals surface area contributed by atoms with E-state index in [4.69, 9.17) is 21.9 Å². The van der Waals surface area contributed by atoms with E-state index < -0.39 is 53.3 Å². The highest BCUT2D eigenvalue weighted by molar-refractivity contribution is 5.95. The maximum Gasteiger partial charge on any atom is 0.325 e. The van der Waals surface area contributed by atoms with E-state index in [-0.39, 0.29) is 69.3 Å². The van der Waals surface area contributed by atoms with E-state index in [1.165, 1.54) is 30.0 Å². The van der Waals surface area contributed by atoms with E-state index in [0.717, 1.165) is 5.56 Å². The van der Waals surface area contributed by atoms with Crippen LogP contribution in [-0.2, 0) is 39.9 Å². The van der Waals surface area contributed by atoms with Gasteiger partial charge in [0.1, 0.15) is 23.7 Å². The molecule has 1 fully saturated rings. The number of likely N-dealkylation sites (tertiary alicyclic amines) is 1. The van der Waals surface area contributed by atoms with Gasteiger partial charge in [-0.2, -0.15) is 0 Å². The Hall–Kier alpha value is -5.02. The van der Waals surface area contributed by atoms with Crippen LogP contribution in [0, 0.1) is 5.92 Å². The lowest BCUT2D eigenvalue weighted by molar-refractivity contribution is -0.150. The summed E-state index contributed by atoms with van der Waals surface area (Å²) in [6.45, 7) is 9.61. The average Bonchev–Trinajstić information content (AvgIpc) is 3.12. The van der Waals surface area contributed by atoms with Gasteiger partial charge in [0.15, 0.2) is 0 Å². The number of rotatable bonds is 20. The zero-order valence-electron chi connectivity index (χ0n) is 31.5. The van der Waals surface area contributed by atoms with Gasteiger partial charge in [-0.15, -0.1) is 0 Å². The number of hydrogen-bond donors (Lipinski definition) is 6. The van der Waals surface area contributed by atoms with Gasteiger partial charge in [0.05, 0.1) is 13.7 Å². The molecule has 1 aliphatic heterocycles. The van der Waals surface area contributed by atoms with Crippen LogP contribution in [0.3, 0.4) is 0 Å². The van der Waals surface area contributed by atoms with Crippen LogP contribution in [0.5, 0.6) is 0 Å². The molecule has 9 N–H and O–H groups in total. The number of piperidine rings is 1. The number of carbonyl (C=O) groups is 6. The third-order valence-electron chi connectivity index (χ3n) is 8.98. The summed E-state index contributed by atoms with van der Waals surface area (Å²) in [6, 6.07) is 5.99. The predicted molar refractivity (Wildman–Crippen MR) is 202 cm³/mol. The van der Waals surface area contributed by atoms with Crippen molar-refractivity contribution in [3.63, 3.8) is 0 Å². The number of benzene rings is 1. The molecule has 0 spiro atoms. The van der Waals surface area contributed by atoms with Crippen LogP contribution in [0.4, 0.5) is 0 Å². The van der Waals surface area contributed by atoms with E-state index in [1.807, 2.05) is 44.2 Å². The van der Waals surface area contributed by atoms with Crippen molar-refractivity contribution >= 4 is 35.5 Å². The van der Waals surface area contributed by atoms with E-state index in [0.29, 0.717) is 19.4 Å². The molecule has 3 atom stereocenters. The van der Waals surface area contributed by atoms with Crippen molar-refractivity contribution in [1.29, 1.82) is 0 Å². The van der Waals surface area contributed by atoms with Crippen molar-refractivity contribution in [3.05, 3.63) is 72.6 Å². The fourth-order valence-corrected chi connectivity index (χ4v) is 6.04. The van der Waals surface area contributed by atoms with Crippen molar-refractivity contribution in [2.75, 3.05) is 33.3 Å². The molecule has 0 radical (unpaired) electrons. The predicted octanol–water partition coefficient (Wildman–Crippen LogP) is 0.742. The number of nitrogens with two attached hydrogens (primary N) is 3. The standard InChI is InChI=1S/C38H58N8O7/c1-26(2)23-31(44-36(51)32(24-29-14-7-6-8-15-29)46(28(4)47)27(3)13-9-11-19-39)35(50)43-30(16-10-12-20-40)34(49)42-25-33(48)45-21-17-38(41,18-22-45)37(52)53-5/h6-9,11,13-15,19,26,30-32H,3,10,12,16-18,20-25,39-41H2,1-2,4-5H3,(H,42,49)(H,43,50)(H,44,51)/b13-9-,19-11-/t30-,31-,32-/m1/s1. The molecular formula is C38H58N8O7. The largest absolute Gasteiger partial charge is 0.468 e. The van der Waals surface area contributed by atoms with Gasteiger partial charge in [-0.25, -0.2) is 0 Å². The molecule has 1 saturated heterocycles. The second-order valence-electron chi connectivity index (χ2n) is 13.6. The molecule has 1 aromatic rings. The minimum atomic E-state index is -1.17. The van der Waals surface area contributed by atoms with Crippen LogP contribution in [-0.4, -0.2) is 102 Å². The van der Waals surface area contributed by atoms with Gasteiger partial charge in [-0.05, 0) is 74.9 Å². The molecule has 15 nitrogen and oxygen atoms in total. The van der Waals surface area contributed by atoms with Crippen molar-refractivity contribution in [2.24, 2.45) is 23.1 Å². The SMILES string of the molecule is C=C(/C=C\C=C/N)N(C(C)=O)[C@H](Cc1ccccc1)C(=O)N[C@H](CC(C)C)C(=O)N[C@H](CCCCN)C(=O)NCC(=O)N1CCC(N)(C(=O)OC)CC1. The quantitative estimate of drug-likeness (QED) is 0.0624. The molecule has 0 aliphatic carbocycles. The lowest BCUT2D eigenvalue weighted by atomic mass is 9.88. The molecule has 2 rings (SSSR count). The van der Waals surface area contributed by atoms with Crippen LogP contribution < -0.4 is 33.2 Å². The monoisotopic (exact) mass is 738 g/mol. The Labute approximate surface area is 312 Å². The van der Waals surface area contributed by atoms with E-state index in [2.05, 4.69) is 22.5 Å². The molecule has 1 heterocycles. The highest BCUT2D eigenvalue weighted by atomic mass is 16.5. The molecule has 0 saturated carbocycles. The van der Waals surface area contributed by atoms with Crippen molar-refractivity contribution < 1.29 is 33.5 Å². The number of unbranched alkanes of at least 4 members (excludes halogenated alkanes) is 1. The first-order valence-electron chi connectivity index (χ1n) is 18.0. The molecule has 0 aromatic heterocycles. The molecule has 5 amide bonds. The Morgan fingerprint density at radius 1 is 0.981 bits per heavy atom. The van der Waals surface area contributed by atoms with Gasteiger partial charge >= 0.3 is 5.97 Å². The lowest BCUT2D eigenvalue weighted by Crippen LogP contribution is -2.59. The second-order valence-corrected chi connectivity index (χ2v) is 13.6. The zero-order valence-corrected chi connectivity index (χ0v) is 31.5. The third-order valence-corrected chi connectivity index (χ3v) is 8.98. The number of nitrogens with zero attached hydrogens (tertiary/aromatic N) is 2. The smallest absolute Gasteiger partial charge is 0.325 e. The van der Waals surface area contributed by atoms with E-state index in [1.54, 1.807) is 18.2 Å². The van der Waals surface area contributed by atoms with Gasteiger partial charge in [0, 0.05) is 32.1 Å². The van der Waals surface area contributed by atoms with Crippen LogP contribution in [0.2, 0.25) is 0 Å². The topological polar surface area (TPSA) is 232 Å². The number of amides is 5. The van der Waals surface area contributed by atoms with Crippen molar-refractivity contribution in [3.8, 4) is 0 Å². The Morgan fingerprint density at radius 2 is 1.62 bits per heavy atom. The summed E-state index contributed by atoms with van der Waals surface area (Å²) < 4.78 is 4.79. The van der Waals surface area contributed by atoms with Crippen molar-refractivity contribution in [1.82, 2.24) is 25.8 Å². The average molecular weight is 739 g/mol. The van der Waals surface area contributed by atoms with Gasteiger partial charge in [0.25, 0.3) is 0 Å². The minimum Gasteiger partial charge on any atom is -0.468 e. The molecule has 1 aliphatic rings. The summed E-state index contributed by atoms with van der Waals surface area (Å²) in [6.07, 6.45) is 8.17. The van der Waals surface area contributed by atoms with Crippen molar-refractivity contribution in [2.45, 2.75) is 89.4 Å². The summed E-state index contributed by atoms with van der Waals surface area (Å²) >= 11 is 0. The first-order chi connectivity index (χ1) is 25.2. The number of hydrogen-bond acceptors (Lipinski definition) is 10. The summed E-state index contributed by atoms with van der Waals surface area (Å²) in [5.74, 6) is -3.12. The van der Waals surface area contributed by atoms with Crippen LogP contribution in [0.25, 0.3) is 0 Å². The number of carbonyl (C=O) groups excluding carboxylic acids is 6. The van der Waals surface area contributed by atoms with Gasteiger partial charge in [-0.1, -0.05) is 56.8 Å². The highest BCUT2D eigenvalue weighted by Gasteiger charge is 2.40. The Balaban J connectivity index is 2.26. The number of allylic oxidation sites excluding steroid dienone is 3. The number of nitrogens with one attached hydrogen (secondary N) is 3. The Bertz CT molecular complexity index is 1470. The molecular weight excluding hydrogens is 680 g/mol. The molecule has 292 valence electrons. The Kier molecular flexibility index (Phi) is 18.4. The zero-order chi connectivity index (χ0) is 39.6. The van der Waals surface area contributed by atoms with Crippen LogP contribution >= 0.6 is 0 Å². The summed E-state index contributed by atoms with van der Waals surface area (Å²) in [5, 5.41) is 8.27. The molecule has 53 heavy (non-hydrogen) atoms. The van der Waals surface area contributed by atoms with E-state index in [9.17, 15) is 28.8 Å². The maximum absolute atomic E-state index is 14.1. The first-order valence-corrected chi connectivity index (χ1v) is 18.0. The molecule has 1 aromatic carbocycles. The lowest BCUT2D eigenvalue weighted by Gasteiger charge is -2.37.